The zero-order chi connectivity index (χ0) is 13.0. The van der Waals surface area contributed by atoms with Crippen molar-refractivity contribution in [3.8, 4) is 0 Å². The summed E-state index contributed by atoms with van der Waals surface area (Å²) in [5.74, 6) is -0.0224. The number of nitrogens with zero attached hydrogens (tertiary/aromatic N) is 4. The van der Waals surface area contributed by atoms with E-state index in [2.05, 4.69) is 15.0 Å². The Bertz CT molecular complexity index is 538. The Morgan fingerprint density at radius 3 is 2.39 bits per heavy atom. The van der Waals surface area contributed by atoms with E-state index >= 15 is 0 Å². The highest BCUT2D eigenvalue weighted by Gasteiger charge is 2.03. The summed E-state index contributed by atoms with van der Waals surface area (Å²) in [6.07, 6.45) is 5.54. The van der Waals surface area contributed by atoms with Gasteiger partial charge < -0.3 is 0 Å². The number of nitro groups is 1. The first-order valence-electron chi connectivity index (χ1n) is 5.27. The van der Waals surface area contributed by atoms with Crippen molar-refractivity contribution < 1.29 is 5.03 Å². The minimum atomic E-state index is -0.696. The third kappa shape index (κ3) is 3.21. The van der Waals surface area contributed by atoms with Crippen molar-refractivity contribution in [1.82, 2.24) is 15.0 Å². The van der Waals surface area contributed by atoms with Gasteiger partial charge in [0.05, 0.1) is 0 Å². The number of hydrogen-bond donors (Lipinski definition) is 1. The molecule has 2 aromatic heterocycles. The summed E-state index contributed by atoms with van der Waals surface area (Å²) >= 11 is 0. The molecule has 2 aromatic rings. The number of hydrogen-bond acceptors (Lipinski definition) is 5. The topological polar surface area (TPSA) is 93.8 Å². The molecule has 0 unspecified atom stereocenters. The van der Waals surface area contributed by atoms with Crippen molar-refractivity contribution >= 4 is 5.95 Å². The Kier molecular flexibility index (Phi) is 3.42. The molecule has 0 atom stereocenters. The van der Waals surface area contributed by atoms with E-state index in [1.807, 2.05) is 24.5 Å². The van der Waals surface area contributed by atoms with Gasteiger partial charge in [0.2, 0.25) is 0 Å². The van der Waals surface area contributed by atoms with Gasteiger partial charge in [-0.25, -0.2) is 20.1 Å². The van der Waals surface area contributed by atoms with Crippen LogP contribution in [0.25, 0.3) is 0 Å². The van der Waals surface area contributed by atoms with Gasteiger partial charge in [-0.3, -0.25) is 4.98 Å². The summed E-state index contributed by atoms with van der Waals surface area (Å²) < 4.78 is 0. The van der Waals surface area contributed by atoms with Crippen molar-refractivity contribution in [2.45, 2.75) is 13.3 Å². The van der Waals surface area contributed by atoms with Crippen LogP contribution < -0.4 is 5.43 Å². The van der Waals surface area contributed by atoms with Crippen molar-refractivity contribution in [1.29, 1.82) is 0 Å². The smallest absolute Gasteiger partial charge is 0.261 e. The third-order valence-corrected chi connectivity index (χ3v) is 2.28. The van der Waals surface area contributed by atoms with Gasteiger partial charge in [-0.05, 0) is 24.1 Å². The van der Waals surface area contributed by atoms with E-state index in [-0.39, 0.29) is 5.95 Å². The first-order chi connectivity index (χ1) is 8.63. The van der Waals surface area contributed by atoms with Gasteiger partial charge in [-0.2, -0.15) is 0 Å². The number of anilines is 1. The van der Waals surface area contributed by atoms with Gasteiger partial charge in [0.25, 0.3) is 5.95 Å². The number of pyridine rings is 1. The summed E-state index contributed by atoms with van der Waals surface area (Å²) in [5, 5.41) is 9.49. The second kappa shape index (κ2) is 5.17. The molecule has 0 saturated heterocycles. The minimum absolute atomic E-state index is 0.0224. The molecule has 0 aliphatic heterocycles. The Balaban J connectivity index is 2.06. The van der Waals surface area contributed by atoms with Crippen molar-refractivity contribution in [3.05, 3.63) is 57.7 Å². The lowest BCUT2D eigenvalue weighted by Crippen LogP contribution is -2.10. The summed E-state index contributed by atoms with van der Waals surface area (Å²) in [4.78, 5) is 22.1. The number of aromatic nitrogens is 3. The molecule has 2 rings (SSSR count). The third-order valence-electron chi connectivity index (χ3n) is 2.28. The highest BCUT2D eigenvalue weighted by atomic mass is 16.7. The number of hydrazine groups is 1. The molecule has 92 valence electrons. The van der Waals surface area contributed by atoms with Gasteiger partial charge in [-0.15, -0.1) is 0 Å². The van der Waals surface area contributed by atoms with Crippen LogP contribution in [0, 0.1) is 17.0 Å². The van der Waals surface area contributed by atoms with Crippen LogP contribution in [0.4, 0.5) is 5.95 Å². The maximum absolute atomic E-state index is 10.2. The van der Waals surface area contributed by atoms with Crippen LogP contribution >= 0.6 is 0 Å². The lowest BCUT2D eigenvalue weighted by Gasteiger charge is -2.02. The maximum atomic E-state index is 10.2. The number of rotatable bonds is 4. The van der Waals surface area contributed by atoms with Crippen LogP contribution in [0.3, 0.4) is 0 Å². The number of aryl methyl sites for hydroxylation is 1. The number of nitrogens with one attached hydrogen (secondary N) is 1. The average molecular weight is 245 g/mol. The van der Waals surface area contributed by atoms with Crippen LogP contribution in [0.5, 0.6) is 0 Å². The Morgan fingerprint density at radius 1 is 1.17 bits per heavy atom. The van der Waals surface area contributed by atoms with Gasteiger partial charge in [0, 0.05) is 30.7 Å². The van der Waals surface area contributed by atoms with E-state index in [4.69, 9.17) is 0 Å². The Hall–Kier alpha value is -2.57. The molecule has 7 heteroatoms. The van der Waals surface area contributed by atoms with Crippen LogP contribution in [-0.4, -0.2) is 20.0 Å². The van der Waals surface area contributed by atoms with E-state index in [0.717, 1.165) is 16.8 Å². The molecular weight excluding hydrogens is 234 g/mol. The molecule has 0 aromatic carbocycles. The molecule has 7 nitrogen and oxygen atoms in total. The molecule has 0 saturated carbocycles. The fourth-order valence-corrected chi connectivity index (χ4v) is 1.42. The van der Waals surface area contributed by atoms with Gasteiger partial charge in [-0.1, -0.05) is 11.5 Å². The van der Waals surface area contributed by atoms with Crippen LogP contribution in [0.2, 0.25) is 0 Å². The van der Waals surface area contributed by atoms with Crippen LogP contribution in [0.1, 0.15) is 16.8 Å². The van der Waals surface area contributed by atoms with E-state index in [0.29, 0.717) is 6.42 Å². The molecule has 0 aliphatic rings. The normalized spacial score (nSPS) is 10.1. The second-order valence-electron chi connectivity index (χ2n) is 3.77. The maximum Gasteiger partial charge on any atom is 0.284 e. The second-order valence-corrected chi connectivity index (χ2v) is 3.77. The largest absolute Gasteiger partial charge is 0.284 e. The molecule has 0 bridgehead atoms. The lowest BCUT2D eigenvalue weighted by atomic mass is 10.1. The van der Waals surface area contributed by atoms with Gasteiger partial charge in [0.1, 0.15) is 0 Å². The Labute approximate surface area is 103 Å². The minimum Gasteiger partial charge on any atom is -0.261 e. The zero-order valence-corrected chi connectivity index (χ0v) is 9.70. The predicted molar refractivity (Wildman–Crippen MR) is 64.4 cm³/mol. The molecule has 1 N–H and O–H groups in total. The molecular formula is C11H11N5O2. The first kappa shape index (κ1) is 11.9. The Morgan fingerprint density at radius 2 is 1.83 bits per heavy atom. The SMILES string of the molecule is Cc1ccc(Cc2cnc(N[N+](=O)[O-])nc2)cn1. The van der Waals surface area contributed by atoms with Crippen molar-refractivity contribution in [2.75, 3.05) is 5.43 Å². The highest BCUT2D eigenvalue weighted by molar-refractivity contribution is 5.25. The van der Waals surface area contributed by atoms with Crippen LogP contribution in [0.15, 0.2) is 30.7 Å². The zero-order valence-electron chi connectivity index (χ0n) is 9.70. The monoisotopic (exact) mass is 245 g/mol. The lowest BCUT2D eigenvalue weighted by molar-refractivity contribution is -0.446. The van der Waals surface area contributed by atoms with Crippen LogP contribution in [-0.2, 0) is 6.42 Å². The standard InChI is InChI=1S/C11H11N5O2/c1-8-2-3-9(5-12-8)4-10-6-13-11(14-7-10)15-16(17)18/h2-3,5-7H,4H2,1H3,(H,13,14,15). The van der Waals surface area contributed by atoms with E-state index in [9.17, 15) is 10.1 Å². The summed E-state index contributed by atoms with van der Waals surface area (Å²) in [6.45, 7) is 1.92. The highest BCUT2D eigenvalue weighted by Crippen LogP contribution is 2.08. The average Bonchev–Trinajstić information content (AvgIpc) is 2.34. The fourth-order valence-electron chi connectivity index (χ4n) is 1.42. The summed E-state index contributed by atoms with van der Waals surface area (Å²) in [6, 6.07) is 3.91. The molecule has 0 aliphatic carbocycles. The van der Waals surface area contributed by atoms with Crippen molar-refractivity contribution in [3.63, 3.8) is 0 Å². The summed E-state index contributed by atoms with van der Waals surface area (Å²) in [5.41, 5.74) is 4.76. The first-order valence-corrected chi connectivity index (χ1v) is 5.27. The quantitative estimate of drug-likeness (QED) is 0.645. The molecule has 0 amide bonds. The van der Waals surface area contributed by atoms with E-state index in [1.54, 1.807) is 18.6 Å². The summed E-state index contributed by atoms with van der Waals surface area (Å²) in [7, 11) is 0. The van der Waals surface area contributed by atoms with E-state index < -0.39 is 5.03 Å². The molecule has 0 spiro atoms. The van der Waals surface area contributed by atoms with Crippen molar-refractivity contribution in [2.24, 2.45) is 0 Å². The molecule has 2 heterocycles. The van der Waals surface area contributed by atoms with Gasteiger partial charge >= 0.3 is 0 Å². The molecule has 0 radical (unpaired) electrons. The molecule has 18 heavy (non-hydrogen) atoms. The van der Waals surface area contributed by atoms with E-state index in [1.165, 1.54) is 0 Å². The van der Waals surface area contributed by atoms with Gasteiger partial charge in [0.15, 0.2) is 5.03 Å². The molecule has 0 fully saturated rings. The fraction of sp³-hybridized carbons (Fsp3) is 0.182. The predicted octanol–water partition coefficient (Wildman–Crippen LogP) is 1.37.